The molecule has 0 spiro atoms. The second-order valence-corrected chi connectivity index (χ2v) is 6.69. The molecule has 4 rings (SSSR count). The summed E-state index contributed by atoms with van der Waals surface area (Å²) >= 11 is 0. The molecule has 1 atom stereocenters. The van der Waals surface area contributed by atoms with Gasteiger partial charge in [-0.2, -0.15) is 5.10 Å². The fraction of sp³-hybridized carbons (Fsp3) is 0.316. The van der Waals surface area contributed by atoms with E-state index in [1.165, 1.54) is 6.07 Å². The van der Waals surface area contributed by atoms with E-state index in [9.17, 15) is 9.59 Å². The summed E-state index contributed by atoms with van der Waals surface area (Å²) in [5.41, 5.74) is 2.61. The van der Waals surface area contributed by atoms with Crippen molar-refractivity contribution in [3.8, 4) is 0 Å². The Bertz CT molecular complexity index is 994. The minimum atomic E-state index is -0.392. The summed E-state index contributed by atoms with van der Waals surface area (Å²) < 4.78 is 5.24. The molecule has 0 aliphatic carbocycles. The van der Waals surface area contributed by atoms with E-state index in [2.05, 4.69) is 15.5 Å². The highest BCUT2D eigenvalue weighted by molar-refractivity contribution is 5.92. The number of piperidine rings is 1. The maximum absolute atomic E-state index is 12.6. The molecule has 1 aliphatic heterocycles. The first-order valence-corrected chi connectivity index (χ1v) is 8.70. The molecule has 3 aromatic rings. The SMILES string of the molecule is Cc1cc(=O)oc2cc(NC(=O)N3CCC[C@H](c4ccn[nH]4)C3)ccc12. The molecule has 26 heavy (non-hydrogen) atoms. The number of nitrogens with one attached hydrogen (secondary N) is 2. The van der Waals surface area contributed by atoms with Crippen LogP contribution in [0.5, 0.6) is 0 Å². The van der Waals surface area contributed by atoms with Crippen LogP contribution in [0, 0.1) is 6.92 Å². The van der Waals surface area contributed by atoms with Gasteiger partial charge < -0.3 is 14.6 Å². The Morgan fingerprint density at radius 3 is 3.04 bits per heavy atom. The molecule has 0 radical (unpaired) electrons. The van der Waals surface area contributed by atoms with Gasteiger partial charge in [-0.05, 0) is 43.5 Å². The number of benzene rings is 1. The first-order valence-electron chi connectivity index (χ1n) is 8.70. The predicted molar refractivity (Wildman–Crippen MR) is 98.4 cm³/mol. The van der Waals surface area contributed by atoms with Crippen LogP contribution in [0.1, 0.15) is 30.0 Å². The van der Waals surface area contributed by atoms with Crippen molar-refractivity contribution in [3.05, 3.63) is 58.2 Å². The van der Waals surface area contributed by atoms with Crippen molar-refractivity contribution in [2.45, 2.75) is 25.7 Å². The van der Waals surface area contributed by atoms with Crippen LogP contribution in [0.2, 0.25) is 0 Å². The number of nitrogens with zero attached hydrogens (tertiary/aromatic N) is 2. The zero-order valence-corrected chi connectivity index (χ0v) is 14.5. The van der Waals surface area contributed by atoms with Gasteiger partial charge in [0.25, 0.3) is 0 Å². The maximum atomic E-state index is 12.6. The lowest BCUT2D eigenvalue weighted by molar-refractivity contribution is 0.192. The molecule has 0 unspecified atom stereocenters. The van der Waals surface area contributed by atoms with E-state index in [0.717, 1.165) is 36.0 Å². The normalized spacial score (nSPS) is 17.4. The lowest BCUT2D eigenvalue weighted by Gasteiger charge is -2.32. The number of fused-ring (bicyclic) bond motifs is 1. The number of likely N-dealkylation sites (tertiary alicyclic amines) is 1. The van der Waals surface area contributed by atoms with Gasteiger partial charge in [-0.15, -0.1) is 0 Å². The molecule has 0 bridgehead atoms. The summed E-state index contributed by atoms with van der Waals surface area (Å²) in [7, 11) is 0. The number of hydrogen-bond donors (Lipinski definition) is 2. The summed E-state index contributed by atoms with van der Waals surface area (Å²) in [6, 6.07) is 8.64. The van der Waals surface area contributed by atoms with Gasteiger partial charge in [0.2, 0.25) is 0 Å². The number of carbonyl (C=O) groups excluding carboxylic acids is 1. The van der Waals surface area contributed by atoms with Crippen molar-refractivity contribution in [1.29, 1.82) is 0 Å². The van der Waals surface area contributed by atoms with Gasteiger partial charge in [0, 0.05) is 54.1 Å². The first kappa shape index (κ1) is 16.4. The molecule has 3 heterocycles. The van der Waals surface area contributed by atoms with E-state index in [-0.39, 0.29) is 11.9 Å². The summed E-state index contributed by atoms with van der Waals surface area (Å²) in [5, 5.41) is 10.8. The van der Waals surface area contributed by atoms with Gasteiger partial charge in [0.1, 0.15) is 5.58 Å². The van der Waals surface area contributed by atoms with Crippen molar-refractivity contribution >= 4 is 22.7 Å². The second kappa shape index (κ2) is 6.67. The zero-order chi connectivity index (χ0) is 18.1. The van der Waals surface area contributed by atoms with Gasteiger partial charge in [-0.1, -0.05) is 0 Å². The van der Waals surface area contributed by atoms with E-state index in [1.54, 1.807) is 12.3 Å². The van der Waals surface area contributed by atoms with E-state index in [4.69, 9.17) is 4.42 Å². The lowest BCUT2D eigenvalue weighted by Crippen LogP contribution is -2.41. The molecule has 7 nitrogen and oxygen atoms in total. The van der Waals surface area contributed by atoms with Gasteiger partial charge in [-0.25, -0.2) is 9.59 Å². The number of carbonyl (C=O) groups is 1. The van der Waals surface area contributed by atoms with Crippen LogP contribution in [0.4, 0.5) is 10.5 Å². The number of rotatable bonds is 2. The Balaban J connectivity index is 1.50. The highest BCUT2D eigenvalue weighted by Gasteiger charge is 2.25. The number of urea groups is 1. The van der Waals surface area contributed by atoms with E-state index < -0.39 is 5.63 Å². The van der Waals surface area contributed by atoms with Crippen LogP contribution in [0.15, 0.2) is 45.7 Å². The van der Waals surface area contributed by atoms with Crippen LogP contribution in [-0.4, -0.2) is 34.2 Å². The highest BCUT2D eigenvalue weighted by Crippen LogP contribution is 2.26. The summed E-state index contributed by atoms with van der Waals surface area (Å²) in [6.45, 7) is 3.23. The summed E-state index contributed by atoms with van der Waals surface area (Å²) in [4.78, 5) is 26.0. The third kappa shape index (κ3) is 3.20. The number of amides is 2. The monoisotopic (exact) mass is 352 g/mol. The number of aromatic amines is 1. The molecular weight excluding hydrogens is 332 g/mol. The molecule has 1 saturated heterocycles. The Labute approximate surface area is 150 Å². The van der Waals surface area contributed by atoms with Crippen molar-refractivity contribution in [1.82, 2.24) is 15.1 Å². The average molecular weight is 352 g/mol. The molecular formula is C19H20N4O3. The van der Waals surface area contributed by atoms with E-state index in [0.29, 0.717) is 17.8 Å². The van der Waals surface area contributed by atoms with Crippen molar-refractivity contribution in [2.75, 3.05) is 18.4 Å². The van der Waals surface area contributed by atoms with Gasteiger partial charge in [0.15, 0.2) is 0 Å². The Kier molecular flexibility index (Phi) is 4.20. The lowest BCUT2D eigenvalue weighted by atomic mass is 9.95. The van der Waals surface area contributed by atoms with Crippen LogP contribution in [0.25, 0.3) is 11.0 Å². The van der Waals surface area contributed by atoms with Gasteiger partial charge in [0.05, 0.1) is 0 Å². The quantitative estimate of drug-likeness (QED) is 0.693. The molecule has 0 saturated carbocycles. The van der Waals surface area contributed by atoms with Crippen LogP contribution >= 0.6 is 0 Å². The third-order valence-electron chi connectivity index (χ3n) is 4.87. The zero-order valence-electron chi connectivity index (χ0n) is 14.5. The summed E-state index contributed by atoms with van der Waals surface area (Å²) in [5.74, 6) is 0.272. The molecule has 2 N–H and O–H groups in total. The number of hydrogen-bond acceptors (Lipinski definition) is 4. The molecule has 1 aliphatic rings. The number of anilines is 1. The largest absolute Gasteiger partial charge is 0.423 e. The molecule has 134 valence electrons. The molecule has 2 amide bonds. The number of aryl methyl sites for hydroxylation is 1. The summed E-state index contributed by atoms with van der Waals surface area (Å²) in [6.07, 6.45) is 3.72. The topological polar surface area (TPSA) is 91.2 Å². The molecule has 1 fully saturated rings. The number of aromatic nitrogens is 2. The van der Waals surface area contributed by atoms with Crippen LogP contribution in [0.3, 0.4) is 0 Å². The first-order chi connectivity index (χ1) is 12.6. The number of H-pyrrole nitrogens is 1. The second-order valence-electron chi connectivity index (χ2n) is 6.69. The standard InChI is InChI=1S/C19H20N4O3/c1-12-9-18(24)26-17-10-14(4-5-15(12)17)21-19(25)23-8-2-3-13(11-23)16-6-7-20-22-16/h4-7,9-10,13H,2-3,8,11H2,1H3,(H,20,22)(H,21,25)/t13-/m0/s1. The maximum Gasteiger partial charge on any atom is 0.336 e. The molecule has 7 heteroatoms. The van der Waals surface area contributed by atoms with Gasteiger partial charge >= 0.3 is 11.7 Å². The average Bonchev–Trinajstić information content (AvgIpc) is 3.16. The smallest absolute Gasteiger partial charge is 0.336 e. The predicted octanol–water partition coefficient (Wildman–Crippen LogP) is 3.24. The van der Waals surface area contributed by atoms with Gasteiger partial charge in [-0.3, -0.25) is 5.10 Å². The van der Waals surface area contributed by atoms with Crippen LogP contribution < -0.4 is 10.9 Å². The Morgan fingerprint density at radius 1 is 1.35 bits per heavy atom. The Morgan fingerprint density at radius 2 is 2.23 bits per heavy atom. The van der Waals surface area contributed by atoms with Crippen LogP contribution in [-0.2, 0) is 0 Å². The minimum Gasteiger partial charge on any atom is -0.423 e. The minimum absolute atomic E-state index is 0.149. The Hall–Kier alpha value is -3.09. The fourth-order valence-electron chi connectivity index (χ4n) is 3.51. The van der Waals surface area contributed by atoms with E-state index >= 15 is 0 Å². The van der Waals surface area contributed by atoms with Crippen molar-refractivity contribution < 1.29 is 9.21 Å². The fourth-order valence-corrected chi connectivity index (χ4v) is 3.51. The third-order valence-corrected chi connectivity index (χ3v) is 4.87. The van der Waals surface area contributed by atoms with Crippen molar-refractivity contribution in [3.63, 3.8) is 0 Å². The van der Waals surface area contributed by atoms with Crippen molar-refractivity contribution in [2.24, 2.45) is 0 Å². The molecule has 1 aromatic carbocycles. The van der Waals surface area contributed by atoms with E-state index in [1.807, 2.05) is 30.0 Å². The highest BCUT2D eigenvalue weighted by atomic mass is 16.4. The molecule has 2 aromatic heterocycles.